The van der Waals surface area contributed by atoms with Gasteiger partial charge in [0.05, 0.1) is 10.5 Å². The highest BCUT2D eigenvalue weighted by atomic mass is 32.2. The number of anilines is 1. The van der Waals surface area contributed by atoms with Gasteiger partial charge in [-0.25, -0.2) is 18.4 Å². The summed E-state index contributed by atoms with van der Waals surface area (Å²) >= 11 is 0. The molecule has 1 aromatic rings. The van der Waals surface area contributed by atoms with Crippen molar-refractivity contribution in [3.05, 3.63) is 23.8 Å². The van der Waals surface area contributed by atoms with E-state index < -0.39 is 16.0 Å². The van der Waals surface area contributed by atoms with Gasteiger partial charge < -0.3 is 10.4 Å². The minimum atomic E-state index is -3.92. The smallest absolute Gasteiger partial charge is 0.337 e. The average molecular weight is 312 g/mol. The summed E-state index contributed by atoms with van der Waals surface area (Å²) in [4.78, 5) is 11.2. The average Bonchev–Trinajstić information content (AvgIpc) is 2.38. The summed E-state index contributed by atoms with van der Waals surface area (Å²) in [5, 5.41) is 17.6. The number of carboxylic acid groups (broad SMARTS) is 1. The zero-order chi connectivity index (χ0) is 15.7. The molecule has 0 aliphatic heterocycles. The molecule has 2 rings (SSSR count). The Balaban J connectivity index is 2.37. The van der Waals surface area contributed by atoms with Crippen molar-refractivity contribution in [3.8, 4) is 0 Å². The molecule has 116 valence electrons. The van der Waals surface area contributed by atoms with E-state index in [4.69, 9.17) is 5.14 Å². The first-order valence-electron chi connectivity index (χ1n) is 6.90. The summed E-state index contributed by atoms with van der Waals surface area (Å²) in [5.41, 5.74) is 0.193. The number of carbonyl (C=O) groups is 1. The van der Waals surface area contributed by atoms with Crippen LogP contribution in [0.5, 0.6) is 0 Å². The third kappa shape index (κ3) is 3.74. The summed E-state index contributed by atoms with van der Waals surface area (Å²) in [6.45, 7) is 2.06. The molecule has 4 N–H and O–H groups in total. The molecule has 0 spiro atoms. The molecule has 1 aromatic carbocycles. The van der Waals surface area contributed by atoms with Gasteiger partial charge in [0.25, 0.3) is 0 Å². The van der Waals surface area contributed by atoms with Crippen molar-refractivity contribution in [2.75, 3.05) is 5.32 Å². The van der Waals surface area contributed by atoms with Crippen LogP contribution in [0.1, 0.15) is 49.4 Å². The monoisotopic (exact) mass is 312 g/mol. The Hall–Kier alpha value is -1.60. The van der Waals surface area contributed by atoms with Crippen molar-refractivity contribution in [3.63, 3.8) is 0 Å². The lowest BCUT2D eigenvalue weighted by Crippen LogP contribution is -2.37. The van der Waals surface area contributed by atoms with E-state index in [1.807, 2.05) is 0 Å². The molecule has 1 aliphatic rings. The second-order valence-corrected chi connectivity index (χ2v) is 7.37. The van der Waals surface area contributed by atoms with Gasteiger partial charge >= 0.3 is 5.97 Å². The molecular formula is C14H20N2O4S. The minimum absolute atomic E-state index is 0.0756. The van der Waals surface area contributed by atoms with E-state index in [2.05, 4.69) is 12.2 Å². The Labute approximate surface area is 124 Å². The van der Waals surface area contributed by atoms with Gasteiger partial charge in [0, 0.05) is 11.2 Å². The first kappa shape index (κ1) is 15.8. The first-order valence-corrected chi connectivity index (χ1v) is 8.44. The molecule has 0 radical (unpaired) electrons. The Morgan fingerprint density at radius 1 is 1.29 bits per heavy atom. The van der Waals surface area contributed by atoms with Crippen LogP contribution in [-0.2, 0) is 10.0 Å². The highest BCUT2D eigenvalue weighted by Crippen LogP contribution is 2.32. The number of hydrogen-bond donors (Lipinski definition) is 3. The fourth-order valence-corrected chi connectivity index (χ4v) is 3.31. The van der Waals surface area contributed by atoms with E-state index in [0.29, 0.717) is 5.69 Å². The predicted octanol–water partition coefficient (Wildman–Crippen LogP) is 2.17. The van der Waals surface area contributed by atoms with Crippen LogP contribution < -0.4 is 10.5 Å². The van der Waals surface area contributed by atoms with Gasteiger partial charge in [0.15, 0.2) is 0 Å². The molecule has 1 saturated carbocycles. The SMILES string of the molecule is CC1(Nc2ccc(S(N)(=O)=O)cc2C(=O)O)CCCCC1. The second kappa shape index (κ2) is 5.65. The van der Waals surface area contributed by atoms with Crippen LogP contribution >= 0.6 is 0 Å². The molecule has 21 heavy (non-hydrogen) atoms. The topological polar surface area (TPSA) is 109 Å². The van der Waals surface area contributed by atoms with Crippen LogP contribution in [0.3, 0.4) is 0 Å². The summed E-state index contributed by atoms with van der Waals surface area (Å²) < 4.78 is 22.7. The molecular weight excluding hydrogens is 292 g/mol. The van der Waals surface area contributed by atoms with E-state index in [0.717, 1.165) is 31.7 Å². The number of hydrogen-bond acceptors (Lipinski definition) is 4. The van der Waals surface area contributed by atoms with Crippen molar-refractivity contribution < 1.29 is 18.3 Å². The van der Waals surface area contributed by atoms with Gasteiger partial charge in [-0.3, -0.25) is 0 Å². The molecule has 1 aliphatic carbocycles. The number of carboxylic acids is 1. The zero-order valence-electron chi connectivity index (χ0n) is 11.9. The largest absolute Gasteiger partial charge is 0.478 e. The number of sulfonamides is 1. The number of nitrogens with two attached hydrogens (primary N) is 1. The lowest BCUT2D eigenvalue weighted by atomic mass is 9.83. The molecule has 6 nitrogen and oxygen atoms in total. The van der Waals surface area contributed by atoms with Crippen molar-refractivity contribution in [1.29, 1.82) is 0 Å². The molecule has 0 unspecified atom stereocenters. The van der Waals surface area contributed by atoms with Gasteiger partial charge in [0.1, 0.15) is 0 Å². The lowest BCUT2D eigenvalue weighted by molar-refractivity contribution is 0.0697. The fourth-order valence-electron chi connectivity index (χ4n) is 2.77. The summed E-state index contributed by atoms with van der Waals surface area (Å²) in [5.74, 6) is -1.18. The van der Waals surface area contributed by atoms with Gasteiger partial charge in [-0.05, 0) is 38.0 Å². The van der Waals surface area contributed by atoms with Crippen molar-refractivity contribution in [2.45, 2.75) is 49.5 Å². The van der Waals surface area contributed by atoms with Gasteiger partial charge in [-0.15, -0.1) is 0 Å². The van der Waals surface area contributed by atoms with Crippen molar-refractivity contribution in [1.82, 2.24) is 0 Å². The minimum Gasteiger partial charge on any atom is -0.478 e. The van der Waals surface area contributed by atoms with E-state index in [1.54, 1.807) is 0 Å². The molecule has 1 fully saturated rings. The lowest BCUT2D eigenvalue weighted by Gasteiger charge is -2.36. The number of rotatable bonds is 4. The molecule has 0 amide bonds. The third-order valence-corrected chi connectivity index (χ3v) is 4.85. The normalized spacial score (nSPS) is 18.2. The standard InChI is InChI=1S/C14H20N2O4S/c1-14(7-3-2-4-8-14)16-12-6-5-10(21(15,19)20)9-11(12)13(17)18/h5-6,9,16H,2-4,7-8H2,1H3,(H,17,18)(H2,15,19,20). The van der Waals surface area contributed by atoms with E-state index in [9.17, 15) is 18.3 Å². The van der Waals surface area contributed by atoms with Crippen molar-refractivity contribution in [2.24, 2.45) is 5.14 Å². The summed E-state index contributed by atoms with van der Waals surface area (Å²) in [6.07, 6.45) is 5.31. The van der Waals surface area contributed by atoms with Gasteiger partial charge in [-0.1, -0.05) is 19.3 Å². The zero-order valence-corrected chi connectivity index (χ0v) is 12.7. The number of nitrogens with one attached hydrogen (secondary N) is 1. The van der Waals surface area contributed by atoms with E-state index in [1.165, 1.54) is 18.6 Å². The maximum Gasteiger partial charge on any atom is 0.337 e. The summed E-state index contributed by atoms with van der Waals surface area (Å²) in [6, 6.07) is 3.91. The van der Waals surface area contributed by atoms with Crippen LogP contribution in [0.2, 0.25) is 0 Å². The van der Waals surface area contributed by atoms with Crippen LogP contribution in [0.4, 0.5) is 5.69 Å². The Bertz CT molecular complexity index is 649. The maximum atomic E-state index is 11.4. The predicted molar refractivity (Wildman–Crippen MR) is 79.9 cm³/mol. The van der Waals surface area contributed by atoms with Crippen LogP contribution in [0, 0.1) is 0 Å². The van der Waals surface area contributed by atoms with Crippen LogP contribution in [0.15, 0.2) is 23.1 Å². The summed E-state index contributed by atoms with van der Waals surface area (Å²) in [7, 11) is -3.92. The molecule has 0 atom stereocenters. The van der Waals surface area contributed by atoms with Gasteiger partial charge in [0.2, 0.25) is 10.0 Å². The Kier molecular flexibility index (Phi) is 4.25. The second-order valence-electron chi connectivity index (χ2n) is 5.80. The number of primary sulfonamides is 1. The number of benzene rings is 1. The molecule has 0 aromatic heterocycles. The third-order valence-electron chi connectivity index (χ3n) is 3.94. The molecule has 0 bridgehead atoms. The first-order chi connectivity index (χ1) is 9.71. The van der Waals surface area contributed by atoms with E-state index >= 15 is 0 Å². The van der Waals surface area contributed by atoms with E-state index in [-0.39, 0.29) is 16.0 Å². The van der Waals surface area contributed by atoms with Gasteiger partial charge in [-0.2, -0.15) is 0 Å². The molecule has 7 heteroatoms. The highest BCUT2D eigenvalue weighted by molar-refractivity contribution is 7.89. The molecule has 0 heterocycles. The fraction of sp³-hybridized carbons (Fsp3) is 0.500. The van der Waals surface area contributed by atoms with Crippen LogP contribution in [0.25, 0.3) is 0 Å². The van der Waals surface area contributed by atoms with Crippen molar-refractivity contribution >= 4 is 21.7 Å². The Morgan fingerprint density at radius 2 is 1.90 bits per heavy atom. The highest BCUT2D eigenvalue weighted by Gasteiger charge is 2.28. The molecule has 0 saturated heterocycles. The quantitative estimate of drug-likeness (QED) is 0.789. The Morgan fingerprint density at radius 3 is 2.43 bits per heavy atom. The van der Waals surface area contributed by atoms with Crippen LogP contribution in [-0.4, -0.2) is 25.0 Å². The maximum absolute atomic E-state index is 11.4. The number of aromatic carboxylic acids is 1.